The van der Waals surface area contributed by atoms with E-state index in [0.717, 1.165) is 5.56 Å². The van der Waals surface area contributed by atoms with E-state index in [1.54, 1.807) is 6.20 Å². The van der Waals surface area contributed by atoms with E-state index in [1.165, 1.54) is 7.11 Å². The van der Waals surface area contributed by atoms with E-state index in [0.29, 0.717) is 19.1 Å². The third kappa shape index (κ3) is 3.98. The summed E-state index contributed by atoms with van der Waals surface area (Å²) in [5, 5.41) is 0. The van der Waals surface area contributed by atoms with E-state index in [4.69, 9.17) is 0 Å². The monoisotopic (exact) mass is 222 g/mol. The van der Waals surface area contributed by atoms with Crippen molar-refractivity contribution in [3.8, 4) is 0 Å². The highest BCUT2D eigenvalue weighted by Gasteiger charge is 2.14. The Morgan fingerprint density at radius 1 is 1.56 bits per heavy atom. The Kier molecular flexibility index (Phi) is 4.92. The lowest BCUT2D eigenvalue weighted by Gasteiger charge is -2.24. The van der Waals surface area contributed by atoms with Crippen molar-refractivity contribution in [2.45, 2.75) is 26.4 Å². The molecule has 0 spiro atoms. The second kappa shape index (κ2) is 6.23. The Labute approximate surface area is 96.2 Å². The highest BCUT2D eigenvalue weighted by atomic mass is 16.5. The van der Waals surface area contributed by atoms with Crippen LogP contribution in [0.25, 0.3) is 0 Å². The molecule has 0 aliphatic rings. The van der Waals surface area contributed by atoms with Gasteiger partial charge in [-0.2, -0.15) is 0 Å². The molecule has 1 heterocycles. The van der Waals surface area contributed by atoms with Crippen molar-refractivity contribution in [1.82, 2.24) is 9.88 Å². The van der Waals surface area contributed by atoms with Crippen molar-refractivity contribution >= 4 is 5.97 Å². The van der Waals surface area contributed by atoms with E-state index in [-0.39, 0.29) is 5.97 Å². The third-order valence-electron chi connectivity index (χ3n) is 2.40. The number of carbonyl (C=O) groups is 1. The summed E-state index contributed by atoms with van der Waals surface area (Å²) in [4.78, 5) is 17.3. The number of hydrogen-bond donors (Lipinski definition) is 0. The number of carbonyl (C=O) groups excluding carboxylic acids is 1. The number of nitrogens with zero attached hydrogens (tertiary/aromatic N) is 2. The fourth-order valence-corrected chi connectivity index (χ4v) is 1.38. The van der Waals surface area contributed by atoms with Crippen LogP contribution in [0.2, 0.25) is 0 Å². The van der Waals surface area contributed by atoms with Crippen molar-refractivity contribution in [2.75, 3.05) is 13.7 Å². The fraction of sp³-hybridized carbons (Fsp3) is 0.500. The summed E-state index contributed by atoms with van der Waals surface area (Å²) in [6.07, 6.45) is 3.55. The lowest BCUT2D eigenvalue weighted by atomic mass is 10.2. The molecule has 0 saturated heterocycles. The van der Waals surface area contributed by atoms with Gasteiger partial charge in [0.05, 0.1) is 13.7 Å². The molecule has 1 aromatic heterocycles. The molecule has 0 radical (unpaired) electrons. The van der Waals surface area contributed by atoms with Gasteiger partial charge in [-0.1, -0.05) is 6.07 Å². The van der Waals surface area contributed by atoms with Gasteiger partial charge in [-0.25, -0.2) is 0 Å². The molecule has 0 N–H and O–H groups in total. The maximum Gasteiger partial charge on any atom is 0.319 e. The largest absolute Gasteiger partial charge is 0.468 e. The number of pyridine rings is 1. The van der Waals surface area contributed by atoms with Gasteiger partial charge in [0.25, 0.3) is 0 Å². The molecular formula is C12H18N2O2. The van der Waals surface area contributed by atoms with Crippen LogP contribution in [0.1, 0.15) is 19.4 Å². The zero-order valence-electron chi connectivity index (χ0n) is 10.0. The Morgan fingerprint density at radius 2 is 2.31 bits per heavy atom. The summed E-state index contributed by atoms with van der Waals surface area (Å²) in [6, 6.07) is 4.19. The van der Waals surface area contributed by atoms with E-state index >= 15 is 0 Å². The predicted molar refractivity (Wildman–Crippen MR) is 61.8 cm³/mol. The Morgan fingerprint density at radius 3 is 2.81 bits per heavy atom. The molecule has 4 nitrogen and oxygen atoms in total. The Hall–Kier alpha value is -1.42. The molecule has 0 saturated carbocycles. The van der Waals surface area contributed by atoms with Crippen LogP contribution in [-0.4, -0.2) is 35.5 Å². The molecule has 0 atom stereocenters. The van der Waals surface area contributed by atoms with Gasteiger partial charge in [-0.05, 0) is 25.5 Å². The molecular weight excluding hydrogens is 204 g/mol. The smallest absolute Gasteiger partial charge is 0.319 e. The molecule has 1 rings (SSSR count). The summed E-state index contributed by atoms with van der Waals surface area (Å²) in [7, 11) is 1.41. The first-order valence-corrected chi connectivity index (χ1v) is 5.33. The normalized spacial score (nSPS) is 10.8. The topological polar surface area (TPSA) is 42.4 Å². The molecule has 0 aliphatic carbocycles. The molecule has 4 heteroatoms. The fourth-order valence-electron chi connectivity index (χ4n) is 1.38. The van der Waals surface area contributed by atoms with Gasteiger partial charge in [0.15, 0.2) is 0 Å². The van der Waals surface area contributed by atoms with Gasteiger partial charge in [-0.3, -0.25) is 14.7 Å². The van der Waals surface area contributed by atoms with Gasteiger partial charge in [0.1, 0.15) is 0 Å². The van der Waals surface area contributed by atoms with Crippen LogP contribution in [0.3, 0.4) is 0 Å². The van der Waals surface area contributed by atoms with Gasteiger partial charge in [0.2, 0.25) is 0 Å². The minimum absolute atomic E-state index is 0.211. The minimum atomic E-state index is -0.211. The summed E-state index contributed by atoms with van der Waals surface area (Å²) >= 11 is 0. The lowest BCUT2D eigenvalue weighted by Crippen LogP contribution is -2.35. The predicted octanol–water partition coefficient (Wildman–Crippen LogP) is 1.47. The standard InChI is InChI=1S/C12H18N2O2/c1-10(2)14(9-12(15)16-3)8-11-5-4-6-13-7-11/h4-7,10H,8-9H2,1-3H3. The molecule has 0 unspecified atom stereocenters. The first-order chi connectivity index (χ1) is 7.63. The quantitative estimate of drug-likeness (QED) is 0.707. The van der Waals surface area contributed by atoms with Crippen molar-refractivity contribution in [3.63, 3.8) is 0 Å². The number of esters is 1. The summed E-state index contributed by atoms with van der Waals surface area (Å²) in [6.45, 7) is 5.13. The maximum atomic E-state index is 11.2. The molecule has 88 valence electrons. The van der Waals surface area contributed by atoms with E-state index < -0.39 is 0 Å². The van der Waals surface area contributed by atoms with Crippen LogP contribution in [0.4, 0.5) is 0 Å². The van der Waals surface area contributed by atoms with Crippen LogP contribution in [0.15, 0.2) is 24.5 Å². The van der Waals surface area contributed by atoms with Gasteiger partial charge in [0, 0.05) is 25.0 Å². The highest BCUT2D eigenvalue weighted by Crippen LogP contribution is 2.06. The van der Waals surface area contributed by atoms with Gasteiger partial charge < -0.3 is 4.74 Å². The van der Waals surface area contributed by atoms with Crippen molar-refractivity contribution in [2.24, 2.45) is 0 Å². The summed E-state index contributed by atoms with van der Waals surface area (Å²) < 4.78 is 4.67. The number of ether oxygens (including phenoxy) is 1. The van der Waals surface area contributed by atoms with Gasteiger partial charge in [-0.15, -0.1) is 0 Å². The second-order valence-electron chi connectivity index (χ2n) is 3.94. The second-order valence-corrected chi connectivity index (χ2v) is 3.94. The summed E-state index contributed by atoms with van der Waals surface area (Å²) in [5.41, 5.74) is 1.10. The third-order valence-corrected chi connectivity index (χ3v) is 2.40. The van der Waals surface area contributed by atoms with E-state index in [1.807, 2.05) is 23.2 Å². The van der Waals surface area contributed by atoms with Crippen LogP contribution in [0, 0.1) is 0 Å². The number of hydrogen-bond acceptors (Lipinski definition) is 4. The van der Waals surface area contributed by atoms with Crippen LogP contribution in [0.5, 0.6) is 0 Å². The molecule has 0 fully saturated rings. The van der Waals surface area contributed by atoms with Crippen molar-refractivity contribution in [3.05, 3.63) is 30.1 Å². The lowest BCUT2D eigenvalue weighted by molar-refractivity contribution is -0.142. The van der Waals surface area contributed by atoms with Crippen molar-refractivity contribution in [1.29, 1.82) is 0 Å². The van der Waals surface area contributed by atoms with Gasteiger partial charge >= 0.3 is 5.97 Å². The first kappa shape index (κ1) is 12.6. The van der Waals surface area contributed by atoms with Crippen LogP contribution < -0.4 is 0 Å². The van der Waals surface area contributed by atoms with E-state index in [9.17, 15) is 4.79 Å². The highest BCUT2D eigenvalue weighted by molar-refractivity contribution is 5.71. The minimum Gasteiger partial charge on any atom is -0.468 e. The average Bonchev–Trinajstić information content (AvgIpc) is 2.29. The summed E-state index contributed by atoms with van der Waals surface area (Å²) in [5.74, 6) is -0.211. The number of methoxy groups -OCH3 is 1. The number of aromatic nitrogens is 1. The van der Waals surface area contributed by atoms with Crippen LogP contribution >= 0.6 is 0 Å². The molecule has 0 aromatic carbocycles. The zero-order chi connectivity index (χ0) is 12.0. The molecule has 1 aromatic rings. The van der Waals surface area contributed by atoms with Crippen molar-refractivity contribution < 1.29 is 9.53 Å². The van der Waals surface area contributed by atoms with E-state index in [2.05, 4.69) is 23.6 Å². The molecule has 0 aliphatic heterocycles. The zero-order valence-corrected chi connectivity index (χ0v) is 10.0. The molecule has 16 heavy (non-hydrogen) atoms. The maximum absolute atomic E-state index is 11.2. The Bertz CT molecular complexity index is 325. The molecule has 0 amide bonds. The SMILES string of the molecule is COC(=O)CN(Cc1cccnc1)C(C)C. The van der Waals surface area contributed by atoms with Crippen LogP contribution in [-0.2, 0) is 16.1 Å². The Balaban J connectivity index is 2.62. The number of rotatable bonds is 5. The molecule has 0 bridgehead atoms. The first-order valence-electron chi connectivity index (χ1n) is 5.33. The average molecular weight is 222 g/mol.